The van der Waals surface area contributed by atoms with Gasteiger partial charge in [0.05, 0.1) is 12.4 Å². The van der Waals surface area contributed by atoms with Crippen LogP contribution in [0, 0.1) is 0 Å². The Kier molecular flexibility index (Phi) is 15.7. The fourth-order valence-corrected chi connectivity index (χ4v) is 3.86. The second-order valence-corrected chi connectivity index (χ2v) is 9.48. The summed E-state index contributed by atoms with van der Waals surface area (Å²) in [5, 5.41) is 0. The zero-order valence-corrected chi connectivity index (χ0v) is 26.5. The van der Waals surface area contributed by atoms with Crippen LogP contribution in [0.25, 0.3) is 0 Å². The number of carbonyl (C=O) groups excluding carboxylic acids is 8. The molecule has 0 saturated carbocycles. The minimum absolute atomic E-state index is 0.188. The van der Waals surface area contributed by atoms with Gasteiger partial charge < -0.3 is 37.9 Å². The van der Waals surface area contributed by atoms with Gasteiger partial charge in [0, 0.05) is 55.4 Å². The lowest BCUT2D eigenvalue weighted by Gasteiger charge is -2.32. The predicted molar refractivity (Wildman–Crippen MR) is 147 cm³/mol. The highest BCUT2D eigenvalue weighted by atomic mass is 16.6. The maximum Gasteiger partial charge on any atom is 0.303 e. The number of esters is 8. The van der Waals surface area contributed by atoms with Crippen molar-refractivity contribution in [3.8, 4) is 0 Å². The first kappa shape index (κ1) is 38.9. The van der Waals surface area contributed by atoms with Crippen LogP contribution in [0.15, 0.2) is 12.4 Å². The van der Waals surface area contributed by atoms with Crippen LogP contribution in [0.1, 0.15) is 79.0 Å². The maximum atomic E-state index is 12.1. The summed E-state index contributed by atoms with van der Waals surface area (Å²) in [6.07, 6.45) is -7.35. The topological polar surface area (TPSA) is 236 Å². The van der Waals surface area contributed by atoms with Crippen LogP contribution < -0.4 is 0 Å². The predicted octanol–water partition coefficient (Wildman–Crippen LogP) is 0.538. The van der Waals surface area contributed by atoms with Crippen LogP contribution in [0.5, 0.6) is 0 Å². The van der Waals surface area contributed by atoms with Gasteiger partial charge in [-0.1, -0.05) is 0 Å². The molecule has 0 aliphatic rings. The molecule has 254 valence electrons. The number of hydrogen-bond donors (Lipinski definition) is 0. The number of aromatic nitrogens is 2. The Morgan fingerprint density at radius 1 is 0.457 bits per heavy atom. The lowest BCUT2D eigenvalue weighted by atomic mass is 10.0. The monoisotopic (exact) mass is 656 g/mol. The van der Waals surface area contributed by atoms with Gasteiger partial charge in [0.15, 0.2) is 36.6 Å². The third kappa shape index (κ3) is 14.1. The van der Waals surface area contributed by atoms with Crippen LogP contribution in [-0.4, -0.2) is 95.4 Å². The summed E-state index contributed by atoms with van der Waals surface area (Å²) < 4.78 is 41.7. The van der Waals surface area contributed by atoms with E-state index in [4.69, 9.17) is 37.9 Å². The van der Waals surface area contributed by atoms with E-state index in [-0.39, 0.29) is 11.4 Å². The van der Waals surface area contributed by atoms with Gasteiger partial charge in [0.1, 0.15) is 24.6 Å². The molecule has 0 amide bonds. The van der Waals surface area contributed by atoms with Crippen molar-refractivity contribution in [1.82, 2.24) is 9.97 Å². The summed E-state index contributed by atoms with van der Waals surface area (Å²) >= 11 is 0. The molecule has 0 aliphatic heterocycles. The molecule has 46 heavy (non-hydrogen) atoms. The van der Waals surface area contributed by atoms with E-state index in [1.807, 2.05) is 0 Å². The average Bonchev–Trinajstić information content (AvgIpc) is 2.92. The summed E-state index contributed by atoms with van der Waals surface area (Å²) in [5.41, 5.74) is -0.375. The van der Waals surface area contributed by atoms with Crippen molar-refractivity contribution in [3.63, 3.8) is 0 Å². The van der Waals surface area contributed by atoms with E-state index in [0.717, 1.165) is 67.8 Å². The Morgan fingerprint density at radius 3 is 0.957 bits per heavy atom. The molecule has 1 aromatic heterocycles. The van der Waals surface area contributed by atoms with Crippen molar-refractivity contribution in [2.75, 3.05) is 13.2 Å². The van der Waals surface area contributed by atoms with Gasteiger partial charge in [-0.2, -0.15) is 0 Å². The van der Waals surface area contributed by atoms with Crippen LogP contribution in [-0.2, 0) is 76.3 Å². The Morgan fingerprint density at radius 2 is 0.739 bits per heavy atom. The Bertz CT molecular complexity index is 1180. The standard InChI is InChI=1S/C28H36N2O16/c1-13(31)39-11-23(41-15(3)33)27(45-19(7)37)25(43-17(5)35)21-9-30-22(10-29-21)26(44-18(6)36)28(46-20(8)38)24(42-16(4)34)12-40-14(2)32/h9-10,23-28H,11-12H2,1-8H3/t23-,24-,25-,26-,27-,28-/m1/s1. The zero-order valence-electron chi connectivity index (χ0n) is 26.5. The Balaban J connectivity index is 3.75. The molecule has 18 heteroatoms. The first-order chi connectivity index (χ1) is 21.4. The highest BCUT2D eigenvalue weighted by Gasteiger charge is 2.42. The van der Waals surface area contributed by atoms with Crippen LogP contribution in [0.3, 0.4) is 0 Å². The van der Waals surface area contributed by atoms with Crippen LogP contribution in [0.4, 0.5) is 0 Å². The molecule has 0 aliphatic carbocycles. The van der Waals surface area contributed by atoms with E-state index in [2.05, 4.69) is 9.97 Å². The summed E-state index contributed by atoms with van der Waals surface area (Å²) in [6.45, 7) is 7.16. The second kappa shape index (κ2) is 18.6. The molecule has 0 unspecified atom stereocenters. The molecule has 0 fully saturated rings. The first-order valence-corrected chi connectivity index (χ1v) is 13.5. The van der Waals surface area contributed by atoms with E-state index in [1.165, 1.54) is 0 Å². The highest BCUT2D eigenvalue weighted by molar-refractivity contribution is 5.70. The normalized spacial score (nSPS) is 14.4. The average molecular weight is 657 g/mol. The van der Waals surface area contributed by atoms with E-state index < -0.39 is 97.6 Å². The molecule has 0 N–H and O–H groups in total. The first-order valence-electron chi connectivity index (χ1n) is 13.5. The molecule has 0 saturated heterocycles. The molecule has 1 aromatic rings. The summed E-state index contributed by atoms with van der Waals surface area (Å²) in [4.78, 5) is 103. The number of ether oxygens (including phenoxy) is 8. The van der Waals surface area contributed by atoms with Crippen molar-refractivity contribution in [3.05, 3.63) is 23.8 Å². The zero-order chi connectivity index (χ0) is 35.1. The lowest BCUT2D eigenvalue weighted by molar-refractivity contribution is -0.190. The van der Waals surface area contributed by atoms with Gasteiger partial charge in [-0.05, 0) is 0 Å². The number of rotatable bonds is 16. The fraction of sp³-hybridized carbons (Fsp3) is 0.571. The lowest BCUT2D eigenvalue weighted by Crippen LogP contribution is -2.44. The van der Waals surface area contributed by atoms with Crippen LogP contribution >= 0.6 is 0 Å². The van der Waals surface area contributed by atoms with E-state index >= 15 is 0 Å². The highest BCUT2D eigenvalue weighted by Crippen LogP contribution is 2.30. The van der Waals surface area contributed by atoms with E-state index in [0.29, 0.717) is 0 Å². The van der Waals surface area contributed by atoms with Crippen molar-refractivity contribution < 1.29 is 76.3 Å². The van der Waals surface area contributed by atoms with Gasteiger partial charge in [0.25, 0.3) is 0 Å². The summed E-state index contributed by atoms with van der Waals surface area (Å²) in [6, 6.07) is 0. The third-order valence-electron chi connectivity index (χ3n) is 5.33. The Labute approximate surface area is 263 Å². The van der Waals surface area contributed by atoms with Gasteiger partial charge in [-0.3, -0.25) is 48.3 Å². The van der Waals surface area contributed by atoms with E-state index in [1.54, 1.807) is 0 Å². The minimum Gasteiger partial charge on any atom is -0.462 e. The van der Waals surface area contributed by atoms with Crippen molar-refractivity contribution in [1.29, 1.82) is 0 Å². The largest absolute Gasteiger partial charge is 0.462 e. The molecule has 0 radical (unpaired) electrons. The molecule has 6 atom stereocenters. The molecule has 0 spiro atoms. The molecule has 1 heterocycles. The van der Waals surface area contributed by atoms with Gasteiger partial charge in [0.2, 0.25) is 0 Å². The quantitative estimate of drug-likeness (QED) is 0.174. The van der Waals surface area contributed by atoms with Gasteiger partial charge >= 0.3 is 47.8 Å². The molecule has 18 nitrogen and oxygen atoms in total. The molecule has 0 bridgehead atoms. The van der Waals surface area contributed by atoms with E-state index in [9.17, 15) is 38.4 Å². The second-order valence-electron chi connectivity index (χ2n) is 9.48. The summed E-state index contributed by atoms with van der Waals surface area (Å²) in [5.74, 6) is -6.78. The number of hydrogen-bond acceptors (Lipinski definition) is 18. The SMILES string of the molecule is CC(=O)OC[C@@H](OC(C)=O)[C@@H](OC(C)=O)[C@H](OC(C)=O)c1cnc([C@@H](OC(C)=O)[C@H](OC(C)=O)[C@@H](COC(C)=O)OC(C)=O)cn1. The molecule has 1 rings (SSSR count). The molecule has 0 aromatic carbocycles. The smallest absolute Gasteiger partial charge is 0.303 e. The summed E-state index contributed by atoms with van der Waals surface area (Å²) in [7, 11) is 0. The number of nitrogens with zero attached hydrogens (tertiary/aromatic N) is 2. The van der Waals surface area contributed by atoms with Crippen molar-refractivity contribution in [2.24, 2.45) is 0 Å². The van der Waals surface area contributed by atoms with Crippen molar-refractivity contribution in [2.45, 2.75) is 92.0 Å². The molecular weight excluding hydrogens is 620 g/mol. The van der Waals surface area contributed by atoms with Crippen molar-refractivity contribution >= 4 is 47.8 Å². The minimum atomic E-state index is -1.61. The fourth-order valence-electron chi connectivity index (χ4n) is 3.86. The maximum absolute atomic E-state index is 12.1. The van der Waals surface area contributed by atoms with Gasteiger partial charge in [-0.15, -0.1) is 0 Å². The molecular formula is C28H36N2O16. The third-order valence-corrected chi connectivity index (χ3v) is 5.33. The number of carbonyl (C=O) groups is 8. The van der Waals surface area contributed by atoms with Crippen LogP contribution in [0.2, 0.25) is 0 Å². The van der Waals surface area contributed by atoms with Gasteiger partial charge in [-0.25, -0.2) is 0 Å². The Hall–Kier alpha value is -5.16.